The molecule has 0 unspecified atom stereocenters. The van der Waals surface area contributed by atoms with E-state index in [0.717, 1.165) is 11.8 Å². The lowest BCUT2D eigenvalue weighted by Crippen LogP contribution is -2.21. The lowest BCUT2D eigenvalue weighted by Gasteiger charge is -1.95. The van der Waals surface area contributed by atoms with Gasteiger partial charge in [0.2, 0.25) is 0 Å². The fourth-order valence-electron chi connectivity index (χ4n) is 0.521. The summed E-state index contributed by atoms with van der Waals surface area (Å²) in [6.07, 6.45) is 0. The van der Waals surface area contributed by atoms with E-state index in [1.54, 1.807) is 0 Å². The largest absolute Gasteiger partial charge is 0.480 e. The van der Waals surface area contributed by atoms with Crippen LogP contribution in [0.1, 0.15) is 0 Å². The zero-order valence-corrected chi connectivity index (χ0v) is 5.59. The number of thioether (sulfide) groups is 1. The quantitative estimate of drug-likeness (QED) is 0.481. The van der Waals surface area contributed by atoms with E-state index in [4.69, 9.17) is 10.8 Å². The summed E-state index contributed by atoms with van der Waals surface area (Å²) in [5, 5.41) is 7.23. The molecule has 1 rings (SSSR count). The number of nitrogens with two attached hydrogens (primary N) is 1. The van der Waals surface area contributed by atoms with Crippen LogP contribution in [0.15, 0.2) is 4.99 Å². The van der Waals surface area contributed by atoms with E-state index < -0.39 is 17.1 Å². The van der Waals surface area contributed by atoms with Crippen molar-refractivity contribution >= 4 is 28.8 Å². The summed E-state index contributed by atoms with van der Waals surface area (Å²) in [4.78, 5) is 24.0. The van der Waals surface area contributed by atoms with Crippen molar-refractivity contribution in [3.63, 3.8) is 0 Å². The van der Waals surface area contributed by atoms with Crippen LogP contribution in [0.25, 0.3) is 0 Å². The van der Waals surface area contributed by atoms with Crippen molar-refractivity contribution in [3.05, 3.63) is 0 Å². The van der Waals surface area contributed by atoms with Crippen LogP contribution >= 0.6 is 11.8 Å². The van der Waals surface area contributed by atoms with Crippen LogP contribution in [0.3, 0.4) is 0 Å². The number of amidine groups is 1. The minimum Gasteiger partial charge on any atom is -0.480 e. The first-order valence-electron chi connectivity index (χ1n) is 2.38. The number of aliphatic imine (C=N–C) groups is 1. The second kappa shape index (κ2) is 2.30. The van der Waals surface area contributed by atoms with Gasteiger partial charge in [0, 0.05) is 0 Å². The minimum absolute atomic E-state index is 0.0254. The number of hydrogen-bond acceptors (Lipinski definition) is 4. The second-order valence-corrected chi connectivity index (χ2v) is 2.75. The number of hydrogen-bond donors (Lipinski definition) is 2. The third-order valence-corrected chi connectivity index (χ3v) is 1.88. The number of carbonyl (C=O) groups excluding carboxylic acids is 1. The van der Waals surface area contributed by atoms with Gasteiger partial charge in [0.05, 0.1) is 0 Å². The number of amides is 1. The molecule has 0 aromatic carbocycles. The predicted molar refractivity (Wildman–Crippen MR) is 35.6 cm³/mol. The Morgan fingerprint density at radius 1 is 1.80 bits per heavy atom. The molecule has 0 bridgehead atoms. The third kappa shape index (κ3) is 1.10. The Morgan fingerprint density at radius 2 is 2.40 bits per heavy atom. The van der Waals surface area contributed by atoms with E-state index in [-0.39, 0.29) is 5.17 Å². The number of aliphatic carboxylic acids is 1. The lowest BCUT2D eigenvalue weighted by molar-refractivity contribution is -0.139. The van der Waals surface area contributed by atoms with Crippen LogP contribution in [-0.4, -0.2) is 27.4 Å². The van der Waals surface area contributed by atoms with Crippen LogP contribution < -0.4 is 5.73 Å². The van der Waals surface area contributed by atoms with Gasteiger partial charge in [0.25, 0.3) is 5.91 Å². The van der Waals surface area contributed by atoms with Gasteiger partial charge in [-0.3, -0.25) is 9.59 Å². The number of rotatable bonds is 1. The maximum Gasteiger partial charge on any atom is 0.326 e. The zero-order chi connectivity index (χ0) is 7.72. The number of carbonyl (C=O) groups is 2. The maximum absolute atomic E-state index is 10.6. The smallest absolute Gasteiger partial charge is 0.326 e. The highest BCUT2D eigenvalue weighted by Gasteiger charge is 2.33. The molecule has 0 saturated carbocycles. The van der Waals surface area contributed by atoms with Gasteiger partial charge in [-0.2, -0.15) is 4.99 Å². The van der Waals surface area contributed by atoms with Gasteiger partial charge >= 0.3 is 5.97 Å². The molecule has 0 spiro atoms. The van der Waals surface area contributed by atoms with Gasteiger partial charge in [-0.15, -0.1) is 0 Å². The van der Waals surface area contributed by atoms with E-state index >= 15 is 0 Å². The molecule has 54 valence electrons. The number of carboxylic acid groups (broad SMARTS) is 1. The molecule has 10 heavy (non-hydrogen) atoms. The average Bonchev–Trinajstić information content (AvgIpc) is 2.10. The second-order valence-electron chi connectivity index (χ2n) is 1.62. The fourth-order valence-corrected chi connectivity index (χ4v) is 1.16. The SMILES string of the molecule is NC1=NC(=O)[C@H](C(=O)O)S1. The van der Waals surface area contributed by atoms with Crippen LogP contribution in [0, 0.1) is 0 Å². The number of carboxylic acids is 1. The van der Waals surface area contributed by atoms with Crippen molar-refractivity contribution in [2.45, 2.75) is 5.25 Å². The van der Waals surface area contributed by atoms with Crippen molar-refractivity contribution in [1.29, 1.82) is 0 Å². The molecular weight excluding hydrogens is 156 g/mol. The van der Waals surface area contributed by atoms with E-state index in [0.29, 0.717) is 0 Å². The molecule has 0 fully saturated rings. The van der Waals surface area contributed by atoms with Gasteiger partial charge < -0.3 is 10.8 Å². The van der Waals surface area contributed by atoms with E-state index in [9.17, 15) is 9.59 Å². The van der Waals surface area contributed by atoms with E-state index in [2.05, 4.69) is 4.99 Å². The molecule has 1 heterocycles. The average molecular weight is 160 g/mol. The van der Waals surface area contributed by atoms with Crippen molar-refractivity contribution in [2.24, 2.45) is 10.7 Å². The summed E-state index contributed by atoms with van der Waals surface area (Å²) in [6.45, 7) is 0. The molecule has 1 atom stereocenters. The van der Waals surface area contributed by atoms with Crippen LogP contribution in [0.4, 0.5) is 0 Å². The van der Waals surface area contributed by atoms with Crippen molar-refractivity contribution in [3.8, 4) is 0 Å². The molecule has 1 aliphatic heterocycles. The summed E-state index contributed by atoms with van der Waals surface area (Å²) >= 11 is 0.760. The lowest BCUT2D eigenvalue weighted by atomic mass is 10.4. The van der Waals surface area contributed by atoms with Gasteiger partial charge in [-0.25, -0.2) is 0 Å². The summed E-state index contributed by atoms with van der Waals surface area (Å²) in [5.74, 6) is -1.88. The highest BCUT2D eigenvalue weighted by Crippen LogP contribution is 2.19. The molecule has 3 N–H and O–H groups in total. The highest BCUT2D eigenvalue weighted by molar-refractivity contribution is 8.16. The van der Waals surface area contributed by atoms with E-state index in [1.165, 1.54) is 0 Å². The molecule has 0 aromatic rings. The highest BCUT2D eigenvalue weighted by atomic mass is 32.2. The molecule has 6 heteroatoms. The van der Waals surface area contributed by atoms with Gasteiger partial charge in [0.1, 0.15) is 0 Å². The molecule has 0 aromatic heterocycles. The third-order valence-electron chi connectivity index (χ3n) is 0.908. The zero-order valence-electron chi connectivity index (χ0n) is 4.77. The van der Waals surface area contributed by atoms with Crippen molar-refractivity contribution in [1.82, 2.24) is 0 Å². The Kier molecular flexibility index (Phi) is 1.62. The van der Waals surface area contributed by atoms with Gasteiger partial charge in [-0.05, 0) is 0 Å². The Balaban J connectivity index is 2.73. The van der Waals surface area contributed by atoms with Crippen molar-refractivity contribution < 1.29 is 14.7 Å². The molecular formula is C4H4N2O3S. The first-order chi connectivity index (χ1) is 4.61. The minimum atomic E-state index is -1.20. The Labute approximate surface area is 60.3 Å². The number of nitrogens with zero attached hydrogens (tertiary/aromatic N) is 1. The monoisotopic (exact) mass is 160 g/mol. The van der Waals surface area contributed by atoms with Crippen molar-refractivity contribution in [2.75, 3.05) is 0 Å². The Bertz CT molecular complexity index is 225. The van der Waals surface area contributed by atoms with E-state index in [1.807, 2.05) is 0 Å². The Morgan fingerprint density at radius 3 is 2.60 bits per heavy atom. The summed E-state index contributed by atoms with van der Waals surface area (Å²) < 4.78 is 0. The summed E-state index contributed by atoms with van der Waals surface area (Å²) in [6, 6.07) is 0. The molecule has 0 aliphatic carbocycles. The molecule has 0 radical (unpaired) electrons. The van der Waals surface area contributed by atoms with Gasteiger partial charge in [-0.1, -0.05) is 11.8 Å². The van der Waals surface area contributed by atoms with Gasteiger partial charge in [0.15, 0.2) is 10.4 Å². The molecule has 1 aliphatic rings. The van der Waals surface area contributed by atoms with Crippen LogP contribution in [0.2, 0.25) is 0 Å². The Hall–Kier alpha value is -1.04. The fraction of sp³-hybridized carbons (Fsp3) is 0.250. The standard InChI is InChI=1S/C4H4N2O3S/c5-4-6-2(7)1(10-4)3(8)9/h1H,(H,8,9)(H2,5,6,7)/t1-/m1/s1. The predicted octanol–water partition coefficient (Wildman–Crippen LogP) is -0.972. The topological polar surface area (TPSA) is 92.8 Å². The van der Waals surface area contributed by atoms with Crippen LogP contribution in [0.5, 0.6) is 0 Å². The summed E-state index contributed by atoms with van der Waals surface area (Å²) in [7, 11) is 0. The van der Waals surface area contributed by atoms with Crippen LogP contribution in [-0.2, 0) is 9.59 Å². The normalized spacial score (nSPS) is 24.6. The first kappa shape index (κ1) is 7.07. The molecule has 0 saturated heterocycles. The molecule has 5 nitrogen and oxygen atoms in total. The summed E-state index contributed by atoms with van der Waals surface area (Å²) in [5.41, 5.74) is 5.08. The molecule has 1 amide bonds. The first-order valence-corrected chi connectivity index (χ1v) is 3.26. The maximum atomic E-state index is 10.6.